The Morgan fingerprint density at radius 2 is 2.09 bits per heavy atom. The van der Waals surface area contributed by atoms with Gasteiger partial charge in [0.2, 0.25) is 0 Å². The van der Waals surface area contributed by atoms with Gasteiger partial charge in [0.1, 0.15) is 0 Å². The number of H-pyrrole nitrogens is 1. The molecule has 0 fully saturated rings. The van der Waals surface area contributed by atoms with Crippen molar-refractivity contribution >= 4 is 35.1 Å². The van der Waals surface area contributed by atoms with Crippen molar-refractivity contribution in [1.82, 2.24) is 4.98 Å². The van der Waals surface area contributed by atoms with Crippen LogP contribution in [0.4, 0.5) is 5.69 Å². The number of fused-ring (bicyclic) bond motifs is 1. The molecular weight excluding hydrogens is 276 g/mol. The first-order valence-electron chi connectivity index (χ1n) is 7.19. The Bertz CT molecular complexity index is 783. The monoisotopic (exact) mass is 292 g/mol. The third-order valence-electron chi connectivity index (χ3n) is 3.58. The Hall–Kier alpha value is -2.88. The molecular formula is C18H16N2O2. The Balaban J connectivity index is 2.07. The van der Waals surface area contributed by atoms with Gasteiger partial charge < -0.3 is 10.3 Å². The van der Waals surface area contributed by atoms with Crippen molar-refractivity contribution < 1.29 is 9.59 Å². The summed E-state index contributed by atoms with van der Waals surface area (Å²) in [5, 5.41) is 2.86. The molecule has 0 spiro atoms. The van der Waals surface area contributed by atoms with Crippen LogP contribution in [-0.2, 0) is 9.59 Å². The molecule has 0 radical (unpaired) electrons. The van der Waals surface area contributed by atoms with Crippen molar-refractivity contribution in [2.75, 3.05) is 5.32 Å². The summed E-state index contributed by atoms with van der Waals surface area (Å²) in [6.07, 6.45) is 7.43. The molecule has 1 aromatic heterocycles. The number of nitrogens with one attached hydrogen (secondary N) is 2. The van der Waals surface area contributed by atoms with Gasteiger partial charge in [-0.2, -0.15) is 0 Å². The second kappa shape index (κ2) is 5.85. The van der Waals surface area contributed by atoms with E-state index < -0.39 is 0 Å². The van der Waals surface area contributed by atoms with Crippen LogP contribution in [0.15, 0.2) is 42.6 Å². The van der Waals surface area contributed by atoms with E-state index in [9.17, 15) is 9.59 Å². The smallest absolute Gasteiger partial charge is 0.256 e. The largest absolute Gasteiger partial charge is 0.362 e. The zero-order chi connectivity index (χ0) is 15.5. The molecule has 2 N–H and O–H groups in total. The Labute approximate surface area is 128 Å². The molecule has 0 unspecified atom stereocenters. The average molecular weight is 292 g/mol. The van der Waals surface area contributed by atoms with Crippen LogP contribution in [0.3, 0.4) is 0 Å². The number of carbonyl (C=O) groups is 2. The molecule has 1 aliphatic rings. The normalized spacial score (nSPS) is 15.3. The van der Waals surface area contributed by atoms with E-state index in [0.29, 0.717) is 12.0 Å². The fourth-order valence-corrected chi connectivity index (χ4v) is 2.44. The highest BCUT2D eigenvalue weighted by molar-refractivity contribution is 6.35. The SMILES string of the molecule is CCC(=O)/C=C/c1cccc2c1/C(=C/c1ccc[nH]1)C(=O)N2. The number of ketones is 1. The van der Waals surface area contributed by atoms with E-state index in [1.54, 1.807) is 12.2 Å². The molecule has 0 atom stereocenters. The minimum absolute atomic E-state index is 0.0600. The van der Waals surface area contributed by atoms with Gasteiger partial charge in [-0.15, -0.1) is 0 Å². The van der Waals surface area contributed by atoms with Crippen LogP contribution in [0.2, 0.25) is 0 Å². The van der Waals surface area contributed by atoms with Gasteiger partial charge in [-0.1, -0.05) is 25.1 Å². The van der Waals surface area contributed by atoms with Gasteiger partial charge in [-0.25, -0.2) is 0 Å². The minimum Gasteiger partial charge on any atom is -0.362 e. The first kappa shape index (κ1) is 14.1. The number of anilines is 1. The number of hydrogen-bond donors (Lipinski definition) is 2. The van der Waals surface area contributed by atoms with Gasteiger partial charge in [-0.05, 0) is 35.9 Å². The number of rotatable bonds is 4. The van der Waals surface area contributed by atoms with Crippen molar-refractivity contribution in [3.8, 4) is 0 Å². The maximum atomic E-state index is 12.2. The Morgan fingerprint density at radius 3 is 2.82 bits per heavy atom. The number of benzene rings is 1. The van der Waals surface area contributed by atoms with Crippen LogP contribution in [0, 0.1) is 0 Å². The first-order valence-corrected chi connectivity index (χ1v) is 7.19. The summed E-state index contributed by atoms with van der Waals surface area (Å²) < 4.78 is 0. The van der Waals surface area contributed by atoms with E-state index in [1.165, 1.54) is 0 Å². The zero-order valence-corrected chi connectivity index (χ0v) is 12.2. The Morgan fingerprint density at radius 1 is 1.23 bits per heavy atom. The predicted octanol–water partition coefficient (Wildman–Crippen LogP) is 3.50. The fourth-order valence-electron chi connectivity index (χ4n) is 2.44. The molecule has 0 aliphatic carbocycles. The highest BCUT2D eigenvalue weighted by atomic mass is 16.2. The molecule has 22 heavy (non-hydrogen) atoms. The molecule has 0 bridgehead atoms. The highest BCUT2D eigenvalue weighted by Crippen LogP contribution is 2.36. The minimum atomic E-state index is -0.132. The van der Waals surface area contributed by atoms with E-state index in [0.717, 1.165) is 22.5 Å². The van der Waals surface area contributed by atoms with Crippen LogP contribution in [-0.4, -0.2) is 16.7 Å². The van der Waals surface area contributed by atoms with Crippen molar-refractivity contribution in [2.24, 2.45) is 0 Å². The number of aromatic amines is 1. The molecule has 110 valence electrons. The molecule has 2 aromatic rings. The highest BCUT2D eigenvalue weighted by Gasteiger charge is 2.26. The van der Waals surface area contributed by atoms with Crippen LogP contribution < -0.4 is 5.32 Å². The molecule has 0 saturated carbocycles. The summed E-state index contributed by atoms with van der Waals surface area (Å²) >= 11 is 0. The lowest BCUT2D eigenvalue weighted by atomic mass is 9.99. The quantitative estimate of drug-likeness (QED) is 0.847. The van der Waals surface area contributed by atoms with E-state index in [1.807, 2.05) is 49.5 Å². The van der Waals surface area contributed by atoms with Gasteiger partial charge in [0.05, 0.1) is 5.57 Å². The van der Waals surface area contributed by atoms with Gasteiger partial charge in [-0.3, -0.25) is 9.59 Å². The van der Waals surface area contributed by atoms with Crippen LogP contribution in [0.1, 0.15) is 30.2 Å². The maximum absolute atomic E-state index is 12.2. The summed E-state index contributed by atoms with van der Waals surface area (Å²) in [4.78, 5) is 26.8. The number of hydrogen-bond acceptors (Lipinski definition) is 2. The summed E-state index contributed by atoms with van der Waals surface area (Å²) in [5.41, 5.74) is 3.93. The van der Waals surface area contributed by atoms with Crippen LogP contribution in [0.25, 0.3) is 17.7 Å². The zero-order valence-electron chi connectivity index (χ0n) is 12.2. The van der Waals surface area contributed by atoms with E-state index in [4.69, 9.17) is 0 Å². The topological polar surface area (TPSA) is 62.0 Å². The van der Waals surface area contributed by atoms with Gasteiger partial charge in [0, 0.05) is 29.6 Å². The lowest BCUT2D eigenvalue weighted by molar-refractivity contribution is -0.114. The van der Waals surface area contributed by atoms with Crippen LogP contribution >= 0.6 is 0 Å². The third kappa shape index (κ3) is 2.63. The maximum Gasteiger partial charge on any atom is 0.256 e. The number of carbonyl (C=O) groups excluding carboxylic acids is 2. The van der Waals surface area contributed by atoms with Gasteiger partial charge >= 0.3 is 0 Å². The Kier molecular flexibility index (Phi) is 3.74. The number of allylic oxidation sites excluding steroid dienone is 1. The molecule has 1 aromatic carbocycles. The standard InChI is InChI=1S/C18H16N2O2/c1-2-14(21)9-8-12-5-3-7-16-17(12)15(18(22)20-16)11-13-6-4-10-19-13/h3-11,19H,2H2,1H3,(H,20,22)/b9-8+,15-11-. The molecule has 2 heterocycles. The second-order valence-electron chi connectivity index (χ2n) is 5.06. The van der Waals surface area contributed by atoms with Gasteiger partial charge in [0.15, 0.2) is 5.78 Å². The molecule has 4 heteroatoms. The number of aromatic nitrogens is 1. The molecule has 1 amide bonds. The molecule has 1 aliphatic heterocycles. The lowest BCUT2D eigenvalue weighted by Gasteiger charge is -2.03. The first-order chi connectivity index (χ1) is 10.7. The lowest BCUT2D eigenvalue weighted by Crippen LogP contribution is -2.03. The molecule has 3 rings (SSSR count). The van der Waals surface area contributed by atoms with Crippen molar-refractivity contribution in [3.63, 3.8) is 0 Å². The second-order valence-corrected chi connectivity index (χ2v) is 5.06. The number of amides is 1. The van der Waals surface area contributed by atoms with Crippen molar-refractivity contribution in [2.45, 2.75) is 13.3 Å². The van der Waals surface area contributed by atoms with E-state index in [2.05, 4.69) is 10.3 Å². The average Bonchev–Trinajstić information content (AvgIpc) is 3.14. The van der Waals surface area contributed by atoms with Crippen molar-refractivity contribution in [3.05, 3.63) is 59.4 Å². The summed E-state index contributed by atoms with van der Waals surface area (Å²) in [6.45, 7) is 1.82. The summed E-state index contributed by atoms with van der Waals surface area (Å²) in [6, 6.07) is 9.42. The fraction of sp³-hybridized carbons (Fsp3) is 0.111. The van der Waals surface area contributed by atoms with Crippen molar-refractivity contribution in [1.29, 1.82) is 0 Å². The molecule has 4 nitrogen and oxygen atoms in total. The third-order valence-corrected chi connectivity index (χ3v) is 3.58. The molecule has 0 saturated heterocycles. The van der Waals surface area contributed by atoms with Gasteiger partial charge in [0.25, 0.3) is 5.91 Å². The summed E-state index contributed by atoms with van der Waals surface area (Å²) in [7, 11) is 0. The van der Waals surface area contributed by atoms with E-state index in [-0.39, 0.29) is 11.7 Å². The van der Waals surface area contributed by atoms with Crippen LogP contribution in [0.5, 0.6) is 0 Å². The van der Waals surface area contributed by atoms with E-state index >= 15 is 0 Å². The predicted molar refractivity (Wildman–Crippen MR) is 88.1 cm³/mol. The summed E-state index contributed by atoms with van der Waals surface area (Å²) in [5.74, 6) is -0.0722.